The maximum absolute atomic E-state index is 6.12. The lowest BCUT2D eigenvalue weighted by atomic mass is 9.91. The molecule has 2 N–H and O–H groups in total. The Morgan fingerprint density at radius 2 is 1.74 bits per heavy atom. The average molecular weight is 326 g/mol. The Bertz CT molecular complexity index is 485. The van der Waals surface area contributed by atoms with Gasteiger partial charge < -0.3 is 15.2 Å². The third-order valence-electron chi connectivity index (χ3n) is 3.87. The minimum absolute atomic E-state index is 0.148. The highest BCUT2D eigenvalue weighted by atomic mass is 79.9. The number of benzene rings is 1. The molecule has 104 valence electrons. The fraction of sp³-hybridized carbons (Fsp3) is 0.600. The summed E-state index contributed by atoms with van der Waals surface area (Å²) >= 11 is 3.68. The molecule has 0 bridgehead atoms. The molecule has 0 aliphatic carbocycles. The van der Waals surface area contributed by atoms with Gasteiger partial charge in [-0.05, 0) is 42.6 Å². The monoisotopic (exact) mass is 325 g/mol. The van der Waals surface area contributed by atoms with Crippen LogP contribution in [0, 0.1) is 0 Å². The van der Waals surface area contributed by atoms with Gasteiger partial charge in [-0.25, -0.2) is 0 Å². The van der Waals surface area contributed by atoms with E-state index >= 15 is 0 Å². The van der Waals surface area contributed by atoms with Gasteiger partial charge in [0.25, 0.3) is 0 Å². The van der Waals surface area contributed by atoms with Gasteiger partial charge in [0.2, 0.25) is 0 Å². The third kappa shape index (κ3) is 2.36. The molecule has 0 saturated heterocycles. The van der Waals surface area contributed by atoms with Gasteiger partial charge in [-0.15, -0.1) is 0 Å². The lowest BCUT2D eigenvalue weighted by Gasteiger charge is -2.21. The molecule has 0 unspecified atom stereocenters. The van der Waals surface area contributed by atoms with Crippen molar-refractivity contribution in [2.75, 3.05) is 13.2 Å². The van der Waals surface area contributed by atoms with Gasteiger partial charge in [-0.1, -0.05) is 0 Å². The number of hydrogen-bond donors (Lipinski definition) is 1. The summed E-state index contributed by atoms with van der Waals surface area (Å²) in [5.74, 6) is 2.12. The predicted molar refractivity (Wildman–Crippen MR) is 79.1 cm³/mol. The minimum atomic E-state index is -0.148. The zero-order chi connectivity index (χ0) is 13.6. The lowest BCUT2D eigenvalue weighted by Crippen LogP contribution is -2.32. The van der Waals surface area contributed by atoms with Crippen LogP contribution in [-0.4, -0.2) is 18.8 Å². The van der Waals surface area contributed by atoms with Crippen molar-refractivity contribution in [3.63, 3.8) is 0 Å². The summed E-state index contributed by atoms with van der Waals surface area (Å²) in [6.07, 6.45) is 3.86. The van der Waals surface area contributed by atoms with Crippen LogP contribution in [0.25, 0.3) is 0 Å². The van der Waals surface area contributed by atoms with Gasteiger partial charge in [-0.2, -0.15) is 0 Å². The van der Waals surface area contributed by atoms with Crippen LogP contribution in [0.4, 0.5) is 0 Å². The minimum Gasteiger partial charge on any atom is -0.493 e. The van der Waals surface area contributed by atoms with E-state index in [2.05, 4.69) is 29.8 Å². The largest absolute Gasteiger partial charge is 0.493 e. The molecule has 0 radical (unpaired) electrons. The van der Waals surface area contributed by atoms with Gasteiger partial charge in [0.15, 0.2) is 0 Å². The summed E-state index contributed by atoms with van der Waals surface area (Å²) < 4.78 is 12.8. The van der Waals surface area contributed by atoms with Crippen molar-refractivity contribution >= 4 is 15.9 Å². The van der Waals surface area contributed by atoms with Crippen molar-refractivity contribution in [2.24, 2.45) is 5.73 Å². The molecule has 2 aliphatic heterocycles. The van der Waals surface area contributed by atoms with Crippen LogP contribution < -0.4 is 15.2 Å². The molecule has 0 amide bonds. The first-order valence-corrected chi connectivity index (χ1v) is 7.67. The highest BCUT2D eigenvalue weighted by molar-refractivity contribution is 9.10. The second-order valence-corrected chi connectivity index (χ2v) is 6.89. The standard InChI is InChI=1S/C15H20BrNO2/c1-15(2,17)6-3-9-10-4-7-19-14(10)12(16)11-5-8-18-13(9)11/h3-8,17H2,1-2H3. The Balaban J connectivity index is 2.03. The van der Waals surface area contributed by atoms with Crippen molar-refractivity contribution < 1.29 is 9.47 Å². The van der Waals surface area contributed by atoms with Crippen LogP contribution in [0.5, 0.6) is 11.5 Å². The van der Waals surface area contributed by atoms with Crippen LogP contribution in [-0.2, 0) is 19.3 Å². The molecule has 0 fully saturated rings. The van der Waals surface area contributed by atoms with Crippen molar-refractivity contribution in [2.45, 2.75) is 45.1 Å². The molecule has 3 rings (SSSR count). The van der Waals surface area contributed by atoms with E-state index in [1.807, 2.05) is 0 Å². The smallest absolute Gasteiger partial charge is 0.137 e. The zero-order valence-electron chi connectivity index (χ0n) is 11.5. The molecule has 19 heavy (non-hydrogen) atoms. The quantitative estimate of drug-likeness (QED) is 0.929. The summed E-state index contributed by atoms with van der Waals surface area (Å²) in [5.41, 5.74) is 9.88. The molecule has 2 aliphatic rings. The maximum atomic E-state index is 6.12. The molecular formula is C15H20BrNO2. The van der Waals surface area contributed by atoms with Crippen LogP contribution in [0.1, 0.15) is 37.0 Å². The first-order chi connectivity index (χ1) is 8.97. The predicted octanol–water partition coefficient (Wildman–Crippen LogP) is 2.99. The molecule has 0 saturated carbocycles. The molecule has 0 aromatic heterocycles. The van der Waals surface area contributed by atoms with E-state index in [1.54, 1.807) is 0 Å². The van der Waals surface area contributed by atoms with E-state index in [-0.39, 0.29) is 5.54 Å². The first kappa shape index (κ1) is 13.3. The number of nitrogens with two attached hydrogens (primary N) is 1. The van der Waals surface area contributed by atoms with Gasteiger partial charge in [0.05, 0.1) is 17.7 Å². The molecule has 1 aromatic carbocycles. The maximum Gasteiger partial charge on any atom is 0.137 e. The first-order valence-electron chi connectivity index (χ1n) is 6.88. The SMILES string of the molecule is CC(C)(N)CCc1c2c(c(Br)c3c1OCC3)OCC2. The molecule has 4 heteroatoms. The number of hydrogen-bond acceptors (Lipinski definition) is 3. The van der Waals surface area contributed by atoms with E-state index in [0.717, 1.165) is 54.9 Å². The van der Waals surface area contributed by atoms with E-state index in [1.165, 1.54) is 16.7 Å². The van der Waals surface area contributed by atoms with E-state index in [9.17, 15) is 0 Å². The number of fused-ring (bicyclic) bond motifs is 2. The fourth-order valence-corrected chi connectivity index (χ4v) is 3.59. The normalized spacial score (nSPS) is 16.8. The van der Waals surface area contributed by atoms with E-state index in [4.69, 9.17) is 15.2 Å². The summed E-state index contributed by atoms with van der Waals surface area (Å²) in [6.45, 7) is 5.69. The Morgan fingerprint density at radius 1 is 1.11 bits per heavy atom. The van der Waals surface area contributed by atoms with Crippen molar-refractivity contribution in [1.82, 2.24) is 0 Å². The molecule has 2 heterocycles. The van der Waals surface area contributed by atoms with Gasteiger partial charge >= 0.3 is 0 Å². The zero-order valence-corrected chi connectivity index (χ0v) is 13.1. The van der Waals surface area contributed by atoms with Crippen LogP contribution in [0.2, 0.25) is 0 Å². The van der Waals surface area contributed by atoms with Crippen molar-refractivity contribution in [1.29, 1.82) is 0 Å². The Morgan fingerprint density at radius 3 is 2.42 bits per heavy atom. The number of ether oxygens (including phenoxy) is 2. The summed E-state index contributed by atoms with van der Waals surface area (Å²) in [7, 11) is 0. The molecule has 0 atom stereocenters. The van der Waals surface area contributed by atoms with Crippen molar-refractivity contribution in [3.8, 4) is 11.5 Å². The third-order valence-corrected chi connectivity index (χ3v) is 4.71. The topological polar surface area (TPSA) is 44.5 Å². The van der Waals surface area contributed by atoms with Gasteiger partial charge in [-0.3, -0.25) is 0 Å². The Hall–Kier alpha value is -0.740. The summed E-state index contributed by atoms with van der Waals surface area (Å²) in [5, 5.41) is 0. The molecule has 1 aromatic rings. The lowest BCUT2D eigenvalue weighted by molar-refractivity contribution is 0.351. The summed E-state index contributed by atoms with van der Waals surface area (Å²) in [4.78, 5) is 0. The molecule has 3 nitrogen and oxygen atoms in total. The van der Waals surface area contributed by atoms with E-state index < -0.39 is 0 Å². The summed E-state index contributed by atoms with van der Waals surface area (Å²) in [6, 6.07) is 0. The highest BCUT2D eigenvalue weighted by Crippen LogP contribution is 2.47. The Labute approximate surface area is 122 Å². The van der Waals surface area contributed by atoms with Crippen LogP contribution in [0.15, 0.2) is 4.47 Å². The van der Waals surface area contributed by atoms with Crippen LogP contribution in [0.3, 0.4) is 0 Å². The average Bonchev–Trinajstić information content (AvgIpc) is 2.94. The second kappa shape index (κ2) is 4.67. The molecule has 0 spiro atoms. The fourth-order valence-electron chi connectivity index (χ4n) is 2.86. The van der Waals surface area contributed by atoms with Crippen molar-refractivity contribution in [3.05, 3.63) is 21.2 Å². The highest BCUT2D eigenvalue weighted by Gasteiger charge is 2.30. The van der Waals surface area contributed by atoms with Gasteiger partial charge in [0.1, 0.15) is 11.5 Å². The number of halogens is 1. The second-order valence-electron chi connectivity index (χ2n) is 6.09. The Kier molecular flexibility index (Phi) is 3.26. The van der Waals surface area contributed by atoms with Crippen LogP contribution >= 0.6 is 15.9 Å². The van der Waals surface area contributed by atoms with Gasteiger partial charge in [0, 0.05) is 35.1 Å². The molecular weight excluding hydrogens is 306 g/mol. The number of rotatable bonds is 3. The van der Waals surface area contributed by atoms with E-state index in [0.29, 0.717) is 0 Å².